The van der Waals surface area contributed by atoms with Crippen LogP contribution in [0.2, 0.25) is 5.02 Å². The molecule has 0 saturated heterocycles. The second-order valence-corrected chi connectivity index (χ2v) is 3.62. The van der Waals surface area contributed by atoms with Crippen molar-refractivity contribution in [3.05, 3.63) is 53.8 Å². The normalized spacial score (nSPS) is 9.76. The fourth-order valence-corrected chi connectivity index (χ4v) is 1.31. The van der Waals surface area contributed by atoms with E-state index in [0.717, 1.165) is 0 Å². The molecule has 0 amide bonds. The van der Waals surface area contributed by atoms with Gasteiger partial charge in [0.25, 0.3) is 0 Å². The van der Waals surface area contributed by atoms with Crippen LogP contribution >= 0.6 is 11.6 Å². The van der Waals surface area contributed by atoms with E-state index in [4.69, 9.17) is 20.9 Å². The fraction of sp³-hybridized carbons (Fsp3) is 0. The van der Waals surface area contributed by atoms with Crippen LogP contribution in [-0.4, -0.2) is 17.3 Å². The van der Waals surface area contributed by atoms with Gasteiger partial charge in [0.1, 0.15) is 11.5 Å². The summed E-state index contributed by atoms with van der Waals surface area (Å²) >= 11 is 5.72. The van der Waals surface area contributed by atoms with Crippen molar-refractivity contribution in [3.8, 4) is 11.5 Å². The lowest BCUT2D eigenvalue weighted by molar-refractivity contribution is 0.297. The average molecular weight is 249 g/mol. The molecule has 0 atom stereocenters. The minimum absolute atomic E-state index is 0.425. The van der Waals surface area contributed by atoms with Crippen LogP contribution in [0, 0.1) is 0 Å². The fourth-order valence-electron chi connectivity index (χ4n) is 1.19. The zero-order valence-corrected chi connectivity index (χ0v) is 9.54. The molecule has 0 fully saturated rings. The SMILES string of the molecule is OB(Oc1ccc(Cl)cc1)Oc1cccnc1. The van der Waals surface area contributed by atoms with Gasteiger partial charge in [0.15, 0.2) is 0 Å². The number of halogens is 1. The van der Waals surface area contributed by atoms with Crippen LogP contribution in [0.1, 0.15) is 0 Å². The quantitative estimate of drug-likeness (QED) is 0.844. The van der Waals surface area contributed by atoms with E-state index >= 15 is 0 Å². The van der Waals surface area contributed by atoms with E-state index in [2.05, 4.69) is 4.98 Å². The van der Waals surface area contributed by atoms with Gasteiger partial charge in [-0.25, -0.2) is 0 Å². The van der Waals surface area contributed by atoms with E-state index in [1.165, 1.54) is 6.20 Å². The molecule has 0 aliphatic carbocycles. The molecule has 1 aromatic carbocycles. The zero-order chi connectivity index (χ0) is 12.1. The second-order valence-electron chi connectivity index (χ2n) is 3.19. The summed E-state index contributed by atoms with van der Waals surface area (Å²) in [7, 11) is -1.39. The first-order chi connectivity index (χ1) is 8.24. The van der Waals surface area contributed by atoms with Crippen LogP contribution in [0.3, 0.4) is 0 Å². The van der Waals surface area contributed by atoms with Crippen molar-refractivity contribution in [3.63, 3.8) is 0 Å². The molecule has 0 unspecified atom stereocenters. The van der Waals surface area contributed by atoms with Crippen LogP contribution in [0.15, 0.2) is 48.8 Å². The van der Waals surface area contributed by atoms with Gasteiger partial charge in [-0.2, -0.15) is 0 Å². The Morgan fingerprint density at radius 3 is 2.41 bits per heavy atom. The molecular formula is C11H9BClNO3. The van der Waals surface area contributed by atoms with Crippen LogP contribution in [-0.2, 0) is 0 Å². The summed E-state index contributed by atoms with van der Waals surface area (Å²) in [5, 5.41) is 10.1. The molecule has 0 saturated carbocycles. The molecule has 4 nitrogen and oxygen atoms in total. The third kappa shape index (κ3) is 3.66. The third-order valence-corrected chi connectivity index (χ3v) is 2.17. The van der Waals surface area contributed by atoms with E-state index in [9.17, 15) is 5.02 Å². The Balaban J connectivity index is 1.93. The molecule has 1 aromatic heterocycles. The average Bonchev–Trinajstić information content (AvgIpc) is 2.33. The molecule has 0 aliphatic rings. The van der Waals surface area contributed by atoms with Gasteiger partial charge in [-0.3, -0.25) is 4.98 Å². The van der Waals surface area contributed by atoms with Gasteiger partial charge in [-0.05, 0) is 36.4 Å². The van der Waals surface area contributed by atoms with Crippen molar-refractivity contribution in [2.24, 2.45) is 0 Å². The smallest absolute Gasteiger partial charge is 0.501 e. The summed E-state index contributed by atoms with van der Waals surface area (Å²) in [6, 6.07) is 9.96. The Bertz CT molecular complexity index is 466. The first kappa shape index (κ1) is 11.8. The Morgan fingerprint density at radius 2 is 1.76 bits per heavy atom. The number of nitrogens with zero attached hydrogens (tertiary/aromatic N) is 1. The van der Waals surface area contributed by atoms with Gasteiger partial charge in [0, 0.05) is 11.2 Å². The molecule has 0 aliphatic heterocycles. The summed E-state index contributed by atoms with van der Waals surface area (Å²) in [6.45, 7) is 0. The highest BCUT2D eigenvalue weighted by molar-refractivity contribution is 6.36. The maximum atomic E-state index is 9.52. The monoisotopic (exact) mass is 249 g/mol. The standard InChI is InChI=1S/C11H9BClNO3/c13-9-3-5-10(6-4-9)16-12(15)17-11-2-1-7-14-8-11/h1-8,15H. The topological polar surface area (TPSA) is 51.6 Å². The van der Waals surface area contributed by atoms with Crippen molar-refractivity contribution in [1.29, 1.82) is 0 Å². The molecule has 86 valence electrons. The van der Waals surface area contributed by atoms with Crippen LogP contribution in [0.4, 0.5) is 0 Å². The van der Waals surface area contributed by atoms with Crippen LogP contribution < -0.4 is 9.31 Å². The molecule has 1 N–H and O–H groups in total. The summed E-state index contributed by atoms with van der Waals surface area (Å²) in [5.41, 5.74) is 0. The molecule has 6 heteroatoms. The second kappa shape index (κ2) is 5.56. The summed E-state index contributed by atoms with van der Waals surface area (Å²) in [6.07, 6.45) is 3.09. The van der Waals surface area contributed by atoms with Gasteiger partial charge in [-0.15, -0.1) is 0 Å². The van der Waals surface area contributed by atoms with Crippen molar-refractivity contribution in [2.75, 3.05) is 0 Å². The lowest BCUT2D eigenvalue weighted by Crippen LogP contribution is -2.29. The van der Waals surface area contributed by atoms with Gasteiger partial charge >= 0.3 is 7.32 Å². The maximum Gasteiger partial charge on any atom is 0.785 e. The Hall–Kier alpha value is -1.72. The molecule has 2 rings (SSSR count). The largest absolute Gasteiger partial charge is 0.785 e. The van der Waals surface area contributed by atoms with Gasteiger partial charge in [0.05, 0.1) is 6.20 Å². The number of hydrogen-bond donors (Lipinski definition) is 1. The van der Waals surface area contributed by atoms with Crippen LogP contribution in [0.5, 0.6) is 11.5 Å². The number of pyridine rings is 1. The van der Waals surface area contributed by atoms with E-state index < -0.39 is 7.32 Å². The van der Waals surface area contributed by atoms with Gasteiger partial charge in [-0.1, -0.05) is 11.6 Å². The number of rotatable bonds is 4. The predicted octanol–water partition coefficient (Wildman–Crippen LogP) is 2.17. The zero-order valence-electron chi connectivity index (χ0n) is 8.79. The molecule has 0 spiro atoms. The highest BCUT2D eigenvalue weighted by Crippen LogP contribution is 2.16. The van der Waals surface area contributed by atoms with E-state index in [0.29, 0.717) is 16.5 Å². The Kier molecular flexibility index (Phi) is 3.85. The minimum Gasteiger partial charge on any atom is -0.501 e. The van der Waals surface area contributed by atoms with E-state index in [1.54, 1.807) is 42.6 Å². The molecule has 0 bridgehead atoms. The first-order valence-electron chi connectivity index (χ1n) is 4.91. The highest BCUT2D eigenvalue weighted by atomic mass is 35.5. The lowest BCUT2D eigenvalue weighted by atomic mass is 10.2. The van der Waals surface area contributed by atoms with Gasteiger partial charge in [0.2, 0.25) is 0 Å². The minimum atomic E-state index is -1.39. The number of benzene rings is 1. The molecular weight excluding hydrogens is 240 g/mol. The lowest BCUT2D eigenvalue weighted by Gasteiger charge is -2.10. The van der Waals surface area contributed by atoms with E-state index in [-0.39, 0.29) is 0 Å². The number of aromatic nitrogens is 1. The third-order valence-electron chi connectivity index (χ3n) is 1.92. The van der Waals surface area contributed by atoms with Crippen molar-refractivity contribution < 1.29 is 14.3 Å². The van der Waals surface area contributed by atoms with Gasteiger partial charge < -0.3 is 14.3 Å². The summed E-state index contributed by atoms with van der Waals surface area (Å²) in [5.74, 6) is 0.889. The maximum absolute atomic E-state index is 9.52. The predicted molar refractivity (Wildman–Crippen MR) is 64.9 cm³/mol. The summed E-state index contributed by atoms with van der Waals surface area (Å²) in [4.78, 5) is 3.85. The molecule has 0 radical (unpaired) electrons. The van der Waals surface area contributed by atoms with Crippen molar-refractivity contribution in [1.82, 2.24) is 4.98 Å². The first-order valence-corrected chi connectivity index (χ1v) is 5.29. The Labute approximate surface area is 104 Å². The highest BCUT2D eigenvalue weighted by Gasteiger charge is 2.20. The Morgan fingerprint density at radius 1 is 1.06 bits per heavy atom. The summed E-state index contributed by atoms with van der Waals surface area (Å²) < 4.78 is 10.2. The molecule has 1 heterocycles. The van der Waals surface area contributed by atoms with E-state index in [1.807, 2.05) is 0 Å². The molecule has 2 aromatic rings. The van der Waals surface area contributed by atoms with Crippen molar-refractivity contribution in [2.45, 2.75) is 0 Å². The number of hydrogen-bond acceptors (Lipinski definition) is 4. The van der Waals surface area contributed by atoms with Crippen LogP contribution in [0.25, 0.3) is 0 Å². The van der Waals surface area contributed by atoms with Crippen molar-refractivity contribution >= 4 is 18.9 Å². The molecule has 17 heavy (non-hydrogen) atoms.